The molecule has 0 radical (unpaired) electrons. The molecule has 1 aromatic rings. The van der Waals surface area contributed by atoms with Gasteiger partial charge in [0.1, 0.15) is 0 Å². The Labute approximate surface area is 90.5 Å². The largest absolute Gasteiger partial charge is 0.465 e. The Balaban J connectivity index is 3.14. The van der Waals surface area contributed by atoms with E-state index in [4.69, 9.17) is 5.84 Å². The first-order chi connectivity index (χ1) is 6.72. The third-order valence-corrected chi connectivity index (χ3v) is 2.45. The molecule has 0 spiro atoms. The summed E-state index contributed by atoms with van der Waals surface area (Å²) in [6.07, 6.45) is 0. The highest BCUT2D eigenvalue weighted by molar-refractivity contribution is 9.08. The van der Waals surface area contributed by atoms with E-state index in [1.165, 1.54) is 7.11 Å². The van der Waals surface area contributed by atoms with Crippen LogP contribution in [0.2, 0.25) is 0 Å². The zero-order valence-electron chi connectivity index (χ0n) is 7.71. The molecule has 5 heteroatoms. The van der Waals surface area contributed by atoms with Crippen LogP contribution in [0.5, 0.6) is 0 Å². The Kier molecular flexibility index (Phi) is 3.91. The molecule has 3 N–H and O–H groups in total. The summed E-state index contributed by atoms with van der Waals surface area (Å²) in [6, 6.07) is 5.34. The van der Waals surface area contributed by atoms with Crippen molar-refractivity contribution in [1.82, 2.24) is 0 Å². The van der Waals surface area contributed by atoms with Crippen molar-refractivity contribution in [3.63, 3.8) is 0 Å². The van der Waals surface area contributed by atoms with Crippen LogP contribution in [0.3, 0.4) is 0 Å². The molecule has 0 amide bonds. The Morgan fingerprint density at radius 3 is 2.86 bits per heavy atom. The van der Waals surface area contributed by atoms with Crippen molar-refractivity contribution >= 4 is 27.6 Å². The second-order valence-electron chi connectivity index (χ2n) is 2.65. The van der Waals surface area contributed by atoms with Crippen LogP contribution in [0.25, 0.3) is 0 Å². The van der Waals surface area contributed by atoms with Gasteiger partial charge in [-0.05, 0) is 17.7 Å². The molecular weight excluding hydrogens is 248 g/mol. The predicted octanol–water partition coefficient (Wildman–Crippen LogP) is 1.65. The number of hydrazine groups is 1. The fraction of sp³-hybridized carbons (Fsp3) is 0.222. The van der Waals surface area contributed by atoms with Gasteiger partial charge in [0, 0.05) is 5.33 Å². The van der Waals surface area contributed by atoms with E-state index in [-0.39, 0.29) is 0 Å². The van der Waals surface area contributed by atoms with Crippen molar-refractivity contribution in [2.75, 3.05) is 12.5 Å². The molecule has 0 fully saturated rings. The lowest BCUT2D eigenvalue weighted by Gasteiger charge is -2.08. The molecule has 1 aromatic carbocycles. The van der Waals surface area contributed by atoms with Crippen LogP contribution in [0.4, 0.5) is 5.69 Å². The van der Waals surface area contributed by atoms with Crippen molar-refractivity contribution < 1.29 is 9.53 Å². The molecule has 4 nitrogen and oxygen atoms in total. The summed E-state index contributed by atoms with van der Waals surface area (Å²) in [5, 5.41) is 0.682. The van der Waals surface area contributed by atoms with E-state index in [2.05, 4.69) is 26.1 Å². The van der Waals surface area contributed by atoms with Crippen LogP contribution in [0.1, 0.15) is 15.9 Å². The monoisotopic (exact) mass is 258 g/mol. The molecule has 0 aliphatic carbocycles. The summed E-state index contributed by atoms with van der Waals surface area (Å²) in [6.45, 7) is 0. The summed E-state index contributed by atoms with van der Waals surface area (Å²) < 4.78 is 4.63. The lowest BCUT2D eigenvalue weighted by atomic mass is 10.1. The maximum Gasteiger partial charge on any atom is 0.340 e. The lowest BCUT2D eigenvalue weighted by molar-refractivity contribution is 0.0601. The number of ether oxygens (including phenoxy) is 1. The molecule has 0 bridgehead atoms. The average Bonchev–Trinajstić information content (AvgIpc) is 2.27. The number of nitrogens with one attached hydrogen (secondary N) is 1. The number of esters is 1. The molecule has 0 aliphatic heterocycles. The number of alkyl halides is 1. The van der Waals surface area contributed by atoms with Crippen molar-refractivity contribution in [2.24, 2.45) is 5.84 Å². The van der Waals surface area contributed by atoms with Crippen molar-refractivity contribution in [1.29, 1.82) is 0 Å². The Morgan fingerprint density at radius 2 is 2.36 bits per heavy atom. The summed E-state index contributed by atoms with van der Waals surface area (Å²) >= 11 is 3.31. The molecule has 0 aliphatic rings. The fourth-order valence-corrected chi connectivity index (χ4v) is 1.43. The number of hydrogen-bond donors (Lipinski definition) is 2. The summed E-state index contributed by atoms with van der Waals surface area (Å²) in [7, 11) is 1.34. The minimum Gasteiger partial charge on any atom is -0.465 e. The van der Waals surface area contributed by atoms with Gasteiger partial charge in [0.2, 0.25) is 0 Å². The molecule has 76 valence electrons. The number of hydrogen-bond acceptors (Lipinski definition) is 4. The van der Waals surface area contributed by atoms with Gasteiger partial charge < -0.3 is 10.2 Å². The SMILES string of the molecule is COC(=O)c1cc(CBr)ccc1NN. The number of anilines is 1. The first kappa shape index (κ1) is 11.0. The summed E-state index contributed by atoms with van der Waals surface area (Å²) in [5.74, 6) is 4.86. The minimum absolute atomic E-state index is 0.402. The lowest BCUT2D eigenvalue weighted by Crippen LogP contribution is -2.13. The number of benzene rings is 1. The van der Waals surface area contributed by atoms with Gasteiger partial charge in [-0.25, -0.2) is 4.79 Å². The number of carbonyl (C=O) groups excluding carboxylic acids is 1. The van der Waals surface area contributed by atoms with Gasteiger partial charge in [0.05, 0.1) is 18.4 Å². The topological polar surface area (TPSA) is 64.3 Å². The van der Waals surface area contributed by atoms with Crippen LogP contribution in [0, 0.1) is 0 Å². The number of halogens is 1. The van der Waals surface area contributed by atoms with E-state index in [1.807, 2.05) is 6.07 Å². The van der Waals surface area contributed by atoms with Crippen LogP contribution in [-0.4, -0.2) is 13.1 Å². The predicted molar refractivity (Wildman–Crippen MR) is 58.2 cm³/mol. The van der Waals surface area contributed by atoms with E-state index in [1.54, 1.807) is 12.1 Å². The Bertz CT molecular complexity index is 342. The number of methoxy groups -OCH3 is 1. The van der Waals surface area contributed by atoms with Gasteiger partial charge >= 0.3 is 5.97 Å². The molecule has 0 atom stereocenters. The van der Waals surface area contributed by atoms with Crippen LogP contribution in [-0.2, 0) is 10.1 Å². The van der Waals surface area contributed by atoms with E-state index in [0.717, 1.165) is 5.56 Å². The van der Waals surface area contributed by atoms with Crippen LogP contribution >= 0.6 is 15.9 Å². The van der Waals surface area contributed by atoms with Gasteiger partial charge in [0.25, 0.3) is 0 Å². The highest BCUT2D eigenvalue weighted by Gasteiger charge is 2.11. The normalized spacial score (nSPS) is 9.64. The Morgan fingerprint density at radius 1 is 1.64 bits per heavy atom. The second kappa shape index (κ2) is 4.97. The summed E-state index contributed by atoms with van der Waals surface area (Å²) in [4.78, 5) is 11.3. The van der Waals surface area contributed by atoms with E-state index in [0.29, 0.717) is 16.6 Å². The smallest absolute Gasteiger partial charge is 0.340 e. The standard InChI is InChI=1S/C9H11BrN2O2/c1-14-9(13)7-4-6(5-10)2-3-8(7)12-11/h2-4,12H,5,11H2,1H3. The van der Waals surface area contributed by atoms with Crippen molar-refractivity contribution in [3.05, 3.63) is 29.3 Å². The van der Waals surface area contributed by atoms with Crippen molar-refractivity contribution in [3.8, 4) is 0 Å². The maximum atomic E-state index is 11.3. The third-order valence-electron chi connectivity index (χ3n) is 1.80. The van der Waals surface area contributed by atoms with Crippen LogP contribution < -0.4 is 11.3 Å². The molecule has 0 saturated carbocycles. The average molecular weight is 259 g/mol. The Hall–Kier alpha value is -1.07. The van der Waals surface area contributed by atoms with Gasteiger partial charge in [0.15, 0.2) is 0 Å². The van der Waals surface area contributed by atoms with E-state index < -0.39 is 5.97 Å². The van der Waals surface area contributed by atoms with Gasteiger partial charge in [-0.2, -0.15) is 0 Å². The highest BCUT2D eigenvalue weighted by Crippen LogP contribution is 2.18. The summed E-state index contributed by atoms with van der Waals surface area (Å²) in [5.41, 5.74) is 4.43. The molecule has 14 heavy (non-hydrogen) atoms. The zero-order valence-corrected chi connectivity index (χ0v) is 9.30. The van der Waals surface area contributed by atoms with Gasteiger partial charge in [-0.15, -0.1) is 0 Å². The first-order valence-corrected chi connectivity index (χ1v) is 5.09. The fourth-order valence-electron chi connectivity index (χ4n) is 1.08. The number of nitrogen functional groups attached to an aromatic ring is 1. The molecule has 0 saturated heterocycles. The molecule has 0 unspecified atom stereocenters. The third kappa shape index (κ3) is 2.24. The minimum atomic E-state index is -0.402. The first-order valence-electron chi connectivity index (χ1n) is 3.96. The van der Waals surface area contributed by atoms with Gasteiger partial charge in [-0.3, -0.25) is 5.84 Å². The molecule has 1 rings (SSSR count). The second-order valence-corrected chi connectivity index (χ2v) is 3.21. The van der Waals surface area contributed by atoms with Crippen molar-refractivity contribution in [2.45, 2.75) is 5.33 Å². The highest BCUT2D eigenvalue weighted by atomic mass is 79.9. The molecular formula is C9H11BrN2O2. The van der Waals surface area contributed by atoms with Gasteiger partial charge in [-0.1, -0.05) is 22.0 Å². The molecule has 0 heterocycles. The number of nitrogens with two attached hydrogens (primary N) is 1. The zero-order chi connectivity index (χ0) is 10.6. The number of carbonyl (C=O) groups is 1. The molecule has 0 aromatic heterocycles. The van der Waals surface area contributed by atoms with E-state index >= 15 is 0 Å². The number of rotatable bonds is 3. The van der Waals surface area contributed by atoms with Crippen LogP contribution in [0.15, 0.2) is 18.2 Å². The maximum absolute atomic E-state index is 11.3. The van der Waals surface area contributed by atoms with E-state index in [9.17, 15) is 4.79 Å². The quantitative estimate of drug-likeness (QED) is 0.375.